The van der Waals surface area contributed by atoms with Gasteiger partial charge in [-0.25, -0.2) is 0 Å². The zero-order valence-corrected chi connectivity index (χ0v) is 12.8. The number of nitrogens with zero attached hydrogens (tertiary/aromatic N) is 1. The van der Waals surface area contributed by atoms with Gasteiger partial charge in [0.2, 0.25) is 6.79 Å². The lowest BCUT2D eigenvalue weighted by molar-refractivity contribution is 0.174. The van der Waals surface area contributed by atoms with Gasteiger partial charge in [0.1, 0.15) is 5.75 Å². The molecule has 4 nitrogen and oxygen atoms in total. The second-order valence-corrected chi connectivity index (χ2v) is 5.39. The molecule has 1 heterocycles. The summed E-state index contributed by atoms with van der Waals surface area (Å²) in [6.45, 7) is 0.220. The molecule has 0 saturated carbocycles. The van der Waals surface area contributed by atoms with Crippen molar-refractivity contribution in [2.75, 3.05) is 13.9 Å². The molecular weight excluding hydrogens is 302 g/mol. The zero-order valence-electron chi connectivity index (χ0n) is 12.0. The zero-order chi connectivity index (χ0) is 15.5. The Balaban J connectivity index is 1.89. The Kier molecular flexibility index (Phi) is 4.08. The highest BCUT2D eigenvalue weighted by molar-refractivity contribution is 6.30. The molecule has 2 aromatic rings. The summed E-state index contributed by atoms with van der Waals surface area (Å²) in [6.07, 6.45) is 0.514. The Morgan fingerprint density at radius 3 is 2.82 bits per heavy atom. The van der Waals surface area contributed by atoms with Gasteiger partial charge >= 0.3 is 0 Å². The molecule has 0 bridgehead atoms. The maximum atomic E-state index is 9.53. The fourth-order valence-corrected chi connectivity index (χ4v) is 2.69. The van der Waals surface area contributed by atoms with Gasteiger partial charge in [-0.2, -0.15) is 5.26 Å². The summed E-state index contributed by atoms with van der Waals surface area (Å²) in [5.74, 6) is 1.80. The fourth-order valence-electron chi connectivity index (χ4n) is 2.49. The average molecular weight is 316 g/mol. The highest BCUT2D eigenvalue weighted by Gasteiger charge is 2.19. The van der Waals surface area contributed by atoms with Crippen molar-refractivity contribution >= 4 is 11.6 Å². The van der Waals surface area contributed by atoms with Crippen molar-refractivity contribution in [3.8, 4) is 23.3 Å². The van der Waals surface area contributed by atoms with Gasteiger partial charge in [-0.3, -0.25) is 0 Å². The lowest BCUT2D eigenvalue weighted by Gasteiger charge is -2.13. The van der Waals surface area contributed by atoms with Gasteiger partial charge in [0.15, 0.2) is 11.5 Å². The number of hydrogen-bond donors (Lipinski definition) is 0. The first kappa shape index (κ1) is 14.6. The smallest absolute Gasteiger partial charge is 0.231 e. The molecule has 3 rings (SSSR count). The predicted octanol–water partition coefficient (Wildman–Crippen LogP) is 3.93. The number of benzene rings is 2. The Bertz CT molecular complexity index is 739. The van der Waals surface area contributed by atoms with Crippen LogP contribution in [0.5, 0.6) is 17.2 Å². The second kappa shape index (κ2) is 6.17. The number of methoxy groups -OCH3 is 1. The number of fused-ring (bicyclic) bond motifs is 1. The van der Waals surface area contributed by atoms with Gasteiger partial charge in [0, 0.05) is 5.02 Å². The summed E-state index contributed by atoms with van der Waals surface area (Å²) in [5.41, 5.74) is 1.79. The van der Waals surface area contributed by atoms with Crippen LogP contribution in [0.25, 0.3) is 0 Å². The van der Waals surface area contributed by atoms with Crippen LogP contribution in [0.2, 0.25) is 5.02 Å². The standard InChI is InChI=1S/C17H14ClNO3/c1-20-15-5-3-14(18)7-12(15)6-13(9-19)11-2-4-16-17(8-11)22-10-21-16/h2-5,7-8,13H,6,10H2,1H3. The summed E-state index contributed by atoms with van der Waals surface area (Å²) in [6, 6.07) is 13.3. The Morgan fingerprint density at radius 1 is 1.23 bits per heavy atom. The van der Waals surface area contributed by atoms with E-state index in [2.05, 4.69) is 6.07 Å². The molecule has 1 aliphatic heterocycles. The molecule has 0 radical (unpaired) electrons. The highest BCUT2D eigenvalue weighted by Crippen LogP contribution is 2.36. The minimum atomic E-state index is -0.318. The molecule has 1 unspecified atom stereocenters. The molecule has 1 aliphatic rings. The molecule has 0 aliphatic carbocycles. The summed E-state index contributed by atoms with van der Waals surface area (Å²) < 4.78 is 16.0. The minimum Gasteiger partial charge on any atom is -0.496 e. The van der Waals surface area contributed by atoms with E-state index in [0.717, 1.165) is 16.9 Å². The van der Waals surface area contributed by atoms with Crippen LogP contribution in [0, 0.1) is 11.3 Å². The van der Waals surface area contributed by atoms with Crippen LogP contribution >= 0.6 is 11.6 Å². The lowest BCUT2D eigenvalue weighted by Crippen LogP contribution is -2.02. The third-order valence-corrected chi connectivity index (χ3v) is 3.86. The van der Waals surface area contributed by atoms with Crippen molar-refractivity contribution in [2.45, 2.75) is 12.3 Å². The summed E-state index contributed by atoms with van der Waals surface area (Å²) in [7, 11) is 1.61. The van der Waals surface area contributed by atoms with Crippen molar-refractivity contribution < 1.29 is 14.2 Å². The number of rotatable bonds is 4. The Morgan fingerprint density at radius 2 is 2.05 bits per heavy atom. The maximum Gasteiger partial charge on any atom is 0.231 e. The first-order valence-electron chi connectivity index (χ1n) is 6.83. The van der Waals surface area contributed by atoms with Crippen LogP contribution in [0.15, 0.2) is 36.4 Å². The number of halogens is 1. The van der Waals surface area contributed by atoms with Crippen LogP contribution in [-0.4, -0.2) is 13.9 Å². The molecule has 0 saturated heterocycles. The number of ether oxygens (including phenoxy) is 3. The first-order chi connectivity index (χ1) is 10.7. The molecule has 5 heteroatoms. The Labute approximate surface area is 133 Å². The van der Waals surface area contributed by atoms with Gasteiger partial charge in [0.25, 0.3) is 0 Å². The number of hydrogen-bond acceptors (Lipinski definition) is 4. The first-order valence-corrected chi connectivity index (χ1v) is 7.20. The second-order valence-electron chi connectivity index (χ2n) is 4.95. The highest BCUT2D eigenvalue weighted by atomic mass is 35.5. The van der Waals surface area contributed by atoms with Gasteiger partial charge in [-0.15, -0.1) is 0 Å². The van der Waals surface area contributed by atoms with Crippen LogP contribution in [0.1, 0.15) is 17.0 Å². The van der Waals surface area contributed by atoms with Crippen LogP contribution in [0.3, 0.4) is 0 Å². The van der Waals surface area contributed by atoms with Crippen molar-refractivity contribution in [2.24, 2.45) is 0 Å². The summed E-state index contributed by atoms with van der Waals surface area (Å²) in [5, 5.41) is 10.1. The van der Waals surface area contributed by atoms with E-state index in [1.165, 1.54) is 0 Å². The monoisotopic (exact) mass is 315 g/mol. The van der Waals surface area contributed by atoms with Crippen molar-refractivity contribution in [3.05, 3.63) is 52.5 Å². The van der Waals surface area contributed by atoms with Crippen LogP contribution in [0.4, 0.5) is 0 Å². The molecule has 1 atom stereocenters. The van der Waals surface area contributed by atoms with Crippen molar-refractivity contribution in [1.29, 1.82) is 5.26 Å². The van der Waals surface area contributed by atoms with E-state index in [4.69, 9.17) is 25.8 Å². The third-order valence-electron chi connectivity index (χ3n) is 3.62. The fraction of sp³-hybridized carbons (Fsp3) is 0.235. The molecule has 112 valence electrons. The quantitative estimate of drug-likeness (QED) is 0.858. The predicted molar refractivity (Wildman–Crippen MR) is 82.6 cm³/mol. The molecule has 2 aromatic carbocycles. The Hall–Kier alpha value is -2.38. The molecule has 0 fully saturated rings. The van der Waals surface area contributed by atoms with E-state index in [1.54, 1.807) is 13.2 Å². The molecular formula is C17H14ClNO3. The summed E-state index contributed by atoms with van der Waals surface area (Å²) >= 11 is 6.05. The molecule has 0 aromatic heterocycles. The van der Waals surface area contributed by atoms with Gasteiger partial charge in [0.05, 0.1) is 19.1 Å². The molecule has 0 spiro atoms. The lowest BCUT2D eigenvalue weighted by atomic mass is 9.92. The van der Waals surface area contributed by atoms with E-state index >= 15 is 0 Å². The van der Waals surface area contributed by atoms with E-state index in [-0.39, 0.29) is 12.7 Å². The normalized spacial score (nSPS) is 13.5. The van der Waals surface area contributed by atoms with Crippen LogP contribution in [-0.2, 0) is 6.42 Å². The minimum absolute atomic E-state index is 0.220. The largest absolute Gasteiger partial charge is 0.496 e. The van der Waals surface area contributed by atoms with Crippen LogP contribution < -0.4 is 14.2 Å². The third kappa shape index (κ3) is 2.81. The van der Waals surface area contributed by atoms with Gasteiger partial charge < -0.3 is 14.2 Å². The molecule has 0 N–H and O–H groups in total. The van der Waals surface area contributed by atoms with Gasteiger partial charge in [-0.05, 0) is 47.9 Å². The topological polar surface area (TPSA) is 51.5 Å². The average Bonchev–Trinajstić information content (AvgIpc) is 3.00. The number of nitriles is 1. The summed E-state index contributed by atoms with van der Waals surface area (Å²) in [4.78, 5) is 0. The molecule has 22 heavy (non-hydrogen) atoms. The van der Waals surface area contributed by atoms with Crippen molar-refractivity contribution in [3.63, 3.8) is 0 Å². The van der Waals surface area contributed by atoms with E-state index in [9.17, 15) is 5.26 Å². The SMILES string of the molecule is COc1ccc(Cl)cc1CC(C#N)c1ccc2c(c1)OCO2. The van der Waals surface area contributed by atoms with E-state index in [1.807, 2.05) is 30.3 Å². The van der Waals surface area contributed by atoms with E-state index in [0.29, 0.717) is 22.9 Å². The molecule has 0 amide bonds. The van der Waals surface area contributed by atoms with Crippen molar-refractivity contribution in [1.82, 2.24) is 0 Å². The van der Waals surface area contributed by atoms with E-state index < -0.39 is 0 Å². The maximum absolute atomic E-state index is 9.53. The van der Waals surface area contributed by atoms with Gasteiger partial charge in [-0.1, -0.05) is 17.7 Å².